The van der Waals surface area contributed by atoms with Gasteiger partial charge in [-0.25, -0.2) is 0 Å². The van der Waals surface area contributed by atoms with Crippen molar-refractivity contribution in [3.05, 3.63) is 35.9 Å². The standard InChI is InChI=1S/C14H18N2O2S/c1-2-12-14(18)16(11(9-19-12)13(15)17)8-10-6-4-3-5-7-10/h3-7,11-12H,2,8-9H2,1H3,(H2,15,17). The van der Waals surface area contributed by atoms with E-state index in [9.17, 15) is 9.59 Å². The molecule has 2 rings (SSSR count). The van der Waals surface area contributed by atoms with Crippen molar-refractivity contribution in [3.63, 3.8) is 0 Å². The molecule has 2 atom stereocenters. The van der Waals surface area contributed by atoms with E-state index < -0.39 is 11.9 Å². The molecule has 1 fully saturated rings. The summed E-state index contributed by atoms with van der Waals surface area (Å²) in [4.78, 5) is 25.5. The van der Waals surface area contributed by atoms with Gasteiger partial charge in [-0.2, -0.15) is 0 Å². The van der Waals surface area contributed by atoms with Crippen LogP contribution in [0.5, 0.6) is 0 Å². The van der Waals surface area contributed by atoms with Gasteiger partial charge >= 0.3 is 0 Å². The summed E-state index contributed by atoms with van der Waals surface area (Å²) in [5, 5.41) is -0.0562. The van der Waals surface area contributed by atoms with Gasteiger partial charge in [0, 0.05) is 12.3 Å². The van der Waals surface area contributed by atoms with Crippen molar-refractivity contribution < 1.29 is 9.59 Å². The monoisotopic (exact) mass is 278 g/mol. The third-order valence-corrected chi connectivity index (χ3v) is 4.73. The SMILES string of the molecule is CCC1SCC(C(N)=O)N(Cc2ccccc2)C1=O. The molecule has 1 aromatic rings. The highest BCUT2D eigenvalue weighted by Gasteiger charge is 2.37. The molecule has 2 amide bonds. The predicted octanol–water partition coefficient (Wildman–Crippen LogP) is 1.39. The minimum Gasteiger partial charge on any atom is -0.368 e. The molecule has 19 heavy (non-hydrogen) atoms. The number of thioether (sulfide) groups is 1. The first kappa shape index (κ1) is 13.9. The number of rotatable bonds is 4. The molecule has 0 radical (unpaired) electrons. The highest BCUT2D eigenvalue weighted by Crippen LogP contribution is 2.27. The van der Waals surface area contributed by atoms with Gasteiger partial charge in [-0.3, -0.25) is 9.59 Å². The predicted molar refractivity (Wildman–Crippen MR) is 76.5 cm³/mol. The third kappa shape index (κ3) is 3.10. The van der Waals surface area contributed by atoms with Gasteiger partial charge in [-0.1, -0.05) is 37.3 Å². The Hall–Kier alpha value is -1.49. The van der Waals surface area contributed by atoms with Gasteiger partial charge in [0.15, 0.2) is 0 Å². The van der Waals surface area contributed by atoms with Crippen LogP contribution < -0.4 is 5.73 Å². The number of carbonyl (C=O) groups excluding carboxylic acids is 2. The van der Waals surface area contributed by atoms with Crippen LogP contribution in [-0.4, -0.2) is 33.8 Å². The van der Waals surface area contributed by atoms with Gasteiger partial charge in [0.1, 0.15) is 6.04 Å². The molecule has 4 nitrogen and oxygen atoms in total. The molecule has 102 valence electrons. The van der Waals surface area contributed by atoms with Crippen LogP contribution in [0, 0.1) is 0 Å². The highest BCUT2D eigenvalue weighted by atomic mass is 32.2. The number of nitrogens with two attached hydrogens (primary N) is 1. The molecular formula is C14H18N2O2S. The summed E-state index contributed by atoms with van der Waals surface area (Å²) in [5.41, 5.74) is 6.43. The summed E-state index contributed by atoms with van der Waals surface area (Å²) >= 11 is 1.53. The quantitative estimate of drug-likeness (QED) is 0.905. The molecular weight excluding hydrogens is 260 g/mol. The van der Waals surface area contributed by atoms with Crippen molar-refractivity contribution in [2.75, 3.05) is 5.75 Å². The zero-order valence-corrected chi connectivity index (χ0v) is 11.7. The normalized spacial score (nSPS) is 23.4. The summed E-state index contributed by atoms with van der Waals surface area (Å²) in [6.45, 7) is 2.44. The van der Waals surface area contributed by atoms with Crippen molar-refractivity contribution in [1.82, 2.24) is 4.90 Å². The Morgan fingerprint density at radius 3 is 2.68 bits per heavy atom. The molecule has 2 unspecified atom stereocenters. The van der Waals surface area contributed by atoms with Crippen LogP contribution in [0.1, 0.15) is 18.9 Å². The van der Waals surface area contributed by atoms with Gasteiger partial charge in [-0.15, -0.1) is 11.8 Å². The second kappa shape index (κ2) is 6.10. The number of primary amides is 1. The number of carbonyl (C=O) groups is 2. The Morgan fingerprint density at radius 2 is 2.11 bits per heavy atom. The number of hydrogen-bond donors (Lipinski definition) is 1. The summed E-state index contributed by atoms with van der Waals surface area (Å²) in [7, 11) is 0. The molecule has 2 N–H and O–H groups in total. The molecule has 0 bridgehead atoms. The maximum atomic E-state index is 12.4. The molecule has 1 aliphatic rings. The van der Waals surface area contributed by atoms with Crippen molar-refractivity contribution >= 4 is 23.6 Å². The fourth-order valence-corrected chi connectivity index (χ4v) is 3.48. The van der Waals surface area contributed by atoms with E-state index in [1.54, 1.807) is 4.90 Å². The Balaban J connectivity index is 2.20. The first-order valence-electron chi connectivity index (χ1n) is 6.38. The molecule has 0 saturated carbocycles. The van der Waals surface area contributed by atoms with Crippen molar-refractivity contribution in [2.24, 2.45) is 5.73 Å². The lowest BCUT2D eigenvalue weighted by molar-refractivity contribution is -0.139. The number of amides is 2. The molecule has 0 aliphatic carbocycles. The number of benzene rings is 1. The van der Waals surface area contributed by atoms with Crippen LogP contribution in [0.3, 0.4) is 0 Å². The number of hydrogen-bond acceptors (Lipinski definition) is 3. The lowest BCUT2D eigenvalue weighted by Crippen LogP contribution is -2.55. The van der Waals surface area contributed by atoms with E-state index in [1.165, 1.54) is 11.8 Å². The lowest BCUT2D eigenvalue weighted by Gasteiger charge is -2.37. The maximum Gasteiger partial charge on any atom is 0.241 e. The molecule has 0 aromatic heterocycles. The maximum absolute atomic E-state index is 12.4. The Kier molecular flexibility index (Phi) is 4.47. The van der Waals surface area contributed by atoms with Gasteiger partial charge in [0.2, 0.25) is 11.8 Å². The third-order valence-electron chi connectivity index (χ3n) is 3.28. The second-order valence-corrected chi connectivity index (χ2v) is 5.84. The van der Waals surface area contributed by atoms with Crippen molar-refractivity contribution in [1.29, 1.82) is 0 Å². The van der Waals surface area contributed by atoms with Gasteiger partial charge in [-0.05, 0) is 12.0 Å². The van der Waals surface area contributed by atoms with E-state index >= 15 is 0 Å². The fraction of sp³-hybridized carbons (Fsp3) is 0.429. The molecule has 5 heteroatoms. The average Bonchev–Trinajstić information content (AvgIpc) is 2.42. The second-order valence-electron chi connectivity index (χ2n) is 4.60. The summed E-state index contributed by atoms with van der Waals surface area (Å²) in [6, 6.07) is 9.19. The van der Waals surface area contributed by atoms with E-state index in [1.807, 2.05) is 37.3 Å². The minimum atomic E-state index is -0.500. The summed E-state index contributed by atoms with van der Waals surface area (Å²) < 4.78 is 0. The van der Waals surface area contributed by atoms with E-state index in [0.717, 1.165) is 12.0 Å². The molecule has 1 aromatic carbocycles. The van der Waals surface area contributed by atoms with Crippen LogP contribution in [0.15, 0.2) is 30.3 Å². The lowest BCUT2D eigenvalue weighted by atomic mass is 10.1. The molecule has 1 aliphatic heterocycles. The van der Waals surface area contributed by atoms with Crippen LogP contribution >= 0.6 is 11.8 Å². The van der Waals surface area contributed by atoms with Gasteiger partial charge in [0.05, 0.1) is 5.25 Å². The zero-order chi connectivity index (χ0) is 13.8. The Bertz CT molecular complexity index is 464. The first-order valence-corrected chi connectivity index (χ1v) is 7.43. The van der Waals surface area contributed by atoms with E-state index in [2.05, 4.69) is 0 Å². The average molecular weight is 278 g/mol. The highest BCUT2D eigenvalue weighted by molar-refractivity contribution is 8.00. The van der Waals surface area contributed by atoms with Crippen LogP contribution in [0.25, 0.3) is 0 Å². The number of nitrogens with zero attached hydrogens (tertiary/aromatic N) is 1. The van der Waals surface area contributed by atoms with E-state index in [4.69, 9.17) is 5.73 Å². The van der Waals surface area contributed by atoms with Crippen molar-refractivity contribution in [2.45, 2.75) is 31.2 Å². The fourth-order valence-electron chi connectivity index (χ4n) is 2.20. The Labute approximate surface area is 117 Å². The summed E-state index contributed by atoms with van der Waals surface area (Å²) in [6.07, 6.45) is 0.778. The Morgan fingerprint density at radius 1 is 1.42 bits per heavy atom. The summed E-state index contributed by atoms with van der Waals surface area (Å²) in [5.74, 6) is 0.185. The van der Waals surface area contributed by atoms with Gasteiger partial charge in [0.25, 0.3) is 0 Å². The van der Waals surface area contributed by atoms with Crippen molar-refractivity contribution in [3.8, 4) is 0 Å². The van der Waals surface area contributed by atoms with Crippen LogP contribution in [-0.2, 0) is 16.1 Å². The van der Waals surface area contributed by atoms with Crippen LogP contribution in [0.2, 0.25) is 0 Å². The van der Waals surface area contributed by atoms with Gasteiger partial charge < -0.3 is 10.6 Å². The smallest absolute Gasteiger partial charge is 0.241 e. The first-order chi connectivity index (χ1) is 9.13. The minimum absolute atomic E-state index is 0.0198. The molecule has 1 saturated heterocycles. The molecule has 1 heterocycles. The topological polar surface area (TPSA) is 63.4 Å². The van der Waals surface area contributed by atoms with Crippen LogP contribution in [0.4, 0.5) is 0 Å². The largest absolute Gasteiger partial charge is 0.368 e. The van der Waals surface area contributed by atoms with E-state index in [0.29, 0.717) is 12.3 Å². The molecule has 0 spiro atoms. The zero-order valence-electron chi connectivity index (χ0n) is 10.9. The van der Waals surface area contributed by atoms with E-state index in [-0.39, 0.29) is 11.2 Å².